The van der Waals surface area contributed by atoms with Gasteiger partial charge in [0.05, 0.1) is 22.7 Å². The molecule has 0 aliphatic carbocycles. The van der Waals surface area contributed by atoms with Gasteiger partial charge in [0.15, 0.2) is 0 Å². The van der Waals surface area contributed by atoms with Crippen LogP contribution in [0.25, 0.3) is 44.0 Å². The second kappa shape index (κ2) is 5.19. The second-order valence-corrected chi connectivity index (χ2v) is 6.06. The van der Waals surface area contributed by atoms with Gasteiger partial charge in [-0.15, -0.1) is 0 Å². The van der Waals surface area contributed by atoms with Crippen molar-refractivity contribution < 1.29 is 0 Å². The molecule has 1 N–H and O–H groups in total. The Morgan fingerprint density at radius 3 is 2.08 bits per heavy atom. The third kappa shape index (κ3) is 1.95. The molecule has 3 nitrogen and oxygen atoms in total. The Labute approximate surface area is 144 Å². The normalized spacial score (nSPS) is 11.2. The molecule has 0 bridgehead atoms. The minimum atomic E-state index is 0.621. The van der Waals surface area contributed by atoms with Gasteiger partial charge in [-0.2, -0.15) is 5.26 Å². The fraction of sp³-hybridized carbons (Fsp3) is 0. The number of aromatic amines is 1. The fourth-order valence-corrected chi connectivity index (χ4v) is 3.54. The van der Waals surface area contributed by atoms with Gasteiger partial charge in [-0.3, -0.25) is 0 Å². The lowest BCUT2D eigenvalue weighted by Gasteiger charge is -2.05. The van der Waals surface area contributed by atoms with Gasteiger partial charge in [0.1, 0.15) is 5.82 Å². The third-order valence-corrected chi connectivity index (χ3v) is 4.68. The maximum Gasteiger partial charge on any atom is 0.139 e. The minimum Gasteiger partial charge on any atom is -0.337 e. The van der Waals surface area contributed by atoms with Crippen LogP contribution >= 0.6 is 0 Å². The first-order valence-corrected chi connectivity index (χ1v) is 8.15. The molecule has 0 radical (unpaired) electrons. The predicted octanol–water partition coefficient (Wildman–Crippen LogP) is 5.41. The number of nitriles is 1. The Hall–Kier alpha value is -3.64. The number of benzene rings is 4. The fourth-order valence-electron chi connectivity index (χ4n) is 3.54. The van der Waals surface area contributed by atoms with E-state index in [-0.39, 0.29) is 0 Å². The van der Waals surface area contributed by atoms with Gasteiger partial charge in [0, 0.05) is 16.3 Å². The van der Waals surface area contributed by atoms with Crippen LogP contribution < -0.4 is 0 Å². The van der Waals surface area contributed by atoms with Gasteiger partial charge in [-0.05, 0) is 22.9 Å². The third-order valence-electron chi connectivity index (χ3n) is 4.68. The molecule has 0 saturated heterocycles. The Morgan fingerprint density at radius 2 is 1.32 bits per heavy atom. The predicted molar refractivity (Wildman–Crippen MR) is 101 cm³/mol. The number of rotatable bonds is 1. The quantitative estimate of drug-likeness (QED) is 0.420. The van der Waals surface area contributed by atoms with E-state index in [0.717, 1.165) is 33.2 Å². The first-order valence-electron chi connectivity index (χ1n) is 8.15. The van der Waals surface area contributed by atoms with E-state index in [0.29, 0.717) is 5.56 Å². The van der Waals surface area contributed by atoms with Crippen LogP contribution in [0.2, 0.25) is 0 Å². The maximum atomic E-state index is 9.41. The van der Waals surface area contributed by atoms with E-state index in [1.54, 1.807) is 0 Å². The molecule has 0 amide bonds. The van der Waals surface area contributed by atoms with E-state index >= 15 is 0 Å². The number of nitrogens with one attached hydrogen (secondary N) is 1. The topological polar surface area (TPSA) is 52.5 Å². The highest BCUT2D eigenvalue weighted by Gasteiger charge is 2.14. The van der Waals surface area contributed by atoms with Crippen molar-refractivity contribution in [2.24, 2.45) is 0 Å². The lowest BCUT2D eigenvalue weighted by Crippen LogP contribution is -1.85. The largest absolute Gasteiger partial charge is 0.337 e. The van der Waals surface area contributed by atoms with Crippen molar-refractivity contribution in [2.75, 3.05) is 0 Å². The molecular formula is C22H13N3. The molecular weight excluding hydrogens is 306 g/mol. The number of imidazole rings is 1. The number of H-pyrrole nitrogens is 1. The molecule has 0 unspecified atom stereocenters. The number of hydrogen-bond donors (Lipinski definition) is 1. The average Bonchev–Trinajstić information content (AvgIpc) is 3.14. The summed E-state index contributed by atoms with van der Waals surface area (Å²) in [5.41, 5.74) is 3.40. The highest BCUT2D eigenvalue weighted by Crippen LogP contribution is 2.35. The molecule has 0 spiro atoms. The van der Waals surface area contributed by atoms with E-state index in [1.165, 1.54) is 10.8 Å². The van der Waals surface area contributed by atoms with E-state index in [9.17, 15) is 5.26 Å². The maximum absolute atomic E-state index is 9.41. The van der Waals surface area contributed by atoms with Gasteiger partial charge in [0.25, 0.3) is 0 Å². The van der Waals surface area contributed by atoms with Crippen LogP contribution in [0.3, 0.4) is 0 Å². The summed E-state index contributed by atoms with van der Waals surface area (Å²) in [6.45, 7) is 0. The van der Waals surface area contributed by atoms with Crippen LogP contribution in [0.5, 0.6) is 0 Å². The lowest BCUT2D eigenvalue weighted by molar-refractivity contribution is 1.33. The molecule has 1 heterocycles. The summed E-state index contributed by atoms with van der Waals surface area (Å²) in [7, 11) is 0. The molecule has 25 heavy (non-hydrogen) atoms. The van der Waals surface area contributed by atoms with Gasteiger partial charge in [-0.25, -0.2) is 4.98 Å². The molecule has 116 valence electrons. The Morgan fingerprint density at radius 1 is 0.720 bits per heavy atom. The number of aromatic nitrogens is 2. The zero-order chi connectivity index (χ0) is 16.8. The number of nitrogens with zero attached hydrogens (tertiary/aromatic N) is 2. The van der Waals surface area contributed by atoms with Crippen LogP contribution in [-0.2, 0) is 0 Å². The molecule has 0 aliphatic heterocycles. The molecule has 3 heteroatoms. The van der Waals surface area contributed by atoms with Crippen molar-refractivity contribution in [3.63, 3.8) is 0 Å². The molecule has 0 fully saturated rings. The standard InChI is InChI=1S/C22H13N3/c23-13-14-7-1-2-8-15(14)22-24-20-18-11-5-3-9-16(18)17-10-4-6-12-19(17)21(20)25-22/h1-12H,(H,24,25). The van der Waals surface area contributed by atoms with E-state index < -0.39 is 0 Å². The summed E-state index contributed by atoms with van der Waals surface area (Å²) < 4.78 is 0. The Balaban J connectivity index is 1.97. The number of fused-ring (bicyclic) bond motifs is 6. The first kappa shape index (κ1) is 13.8. The van der Waals surface area contributed by atoms with Crippen molar-refractivity contribution in [1.82, 2.24) is 9.97 Å². The monoisotopic (exact) mass is 319 g/mol. The highest BCUT2D eigenvalue weighted by atomic mass is 14.9. The lowest BCUT2D eigenvalue weighted by atomic mass is 10.0. The van der Waals surface area contributed by atoms with Crippen LogP contribution in [0.4, 0.5) is 0 Å². The molecule has 4 aromatic carbocycles. The summed E-state index contributed by atoms with van der Waals surface area (Å²) in [5.74, 6) is 0.730. The molecule has 0 aliphatic rings. The average molecular weight is 319 g/mol. The molecule has 0 atom stereocenters. The number of hydrogen-bond acceptors (Lipinski definition) is 2. The summed E-state index contributed by atoms with van der Waals surface area (Å²) in [6, 6.07) is 26.5. The zero-order valence-electron chi connectivity index (χ0n) is 13.3. The summed E-state index contributed by atoms with van der Waals surface area (Å²) in [6.07, 6.45) is 0. The van der Waals surface area contributed by atoms with Crippen LogP contribution in [0, 0.1) is 11.3 Å². The Kier molecular flexibility index (Phi) is 2.86. The van der Waals surface area contributed by atoms with Crippen LogP contribution in [0.15, 0.2) is 72.8 Å². The van der Waals surface area contributed by atoms with E-state index in [1.807, 2.05) is 36.4 Å². The minimum absolute atomic E-state index is 0.621. The highest BCUT2D eigenvalue weighted by molar-refractivity contribution is 6.23. The van der Waals surface area contributed by atoms with Crippen LogP contribution in [-0.4, -0.2) is 9.97 Å². The SMILES string of the molecule is N#Cc1ccccc1-c1nc2c3ccccc3c3ccccc3c2[nH]1. The van der Waals surface area contributed by atoms with Crippen molar-refractivity contribution >= 4 is 32.6 Å². The molecule has 5 aromatic rings. The van der Waals surface area contributed by atoms with Crippen molar-refractivity contribution in [2.45, 2.75) is 0 Å². The van der Waals surface area contributed by atoms with E-state index in [2.05, 4.69) is 47.5 Å². The van der Waals surface area contributed by atoms with E-state index in [4.69, 9.17) is 4.98 Å². The Bertz CT molecular complexity index is 1230. The molecule has 0 saturated carbocycles. The molecule has 5 rings (SSSR count). The smallest absolute Gasteiger partial charge is 0.139 e. The first-order chi connectivity index (χ1) is 12.4. The van der Waals surface area contributed by atoms with Gasteiger partial charge < -0.3 is 4.98 Å². The van der Waals surface area contributed by atoms with Crippen molar-refractivity contribution in [3.8, 4) is 17.5 Å². The zero-order valence-corrected chi connectivity index (χ0v) is 13.3. The summed E-state index contributed by atoms with van der Waals surface area (Å²) in [4.78, 5) is 8.32. The summed E-state index contributed by atoms with van der Waals surface area (Å²) in [5, 5.41) is 14.1. The van der Waals surface area contributed by atoms with Gasteiger partial charge in [0.2, 0.25) is 0 Å². The second-order valence-electron chi connectivity index (χ2n) is 6.06. The van der Waals surface area contributed by atoms with Crippen molar-refractivity contribution in [3.05, 3.63) is 78.4 Å². The molecule has 1 aromatic heterocycles. The van der Waals surface area contributed by atoms with Crippen molar-refractivity contribution in [1.29, 1.82) is 5.26 Å². The van der Waals surface area contributed by atoms with Gasteiger partial charge in [-0.1, -0.05) is 60.7 Å². The summed E-state index contributed by atoms with van der Waals surface area (Å²) >= 11 is 0. The van der Waals surface area contributed by atoms with Gasteiger partial charge >= 0.3 is 0 Å². The van der Waals surface area contributed by atoms with Crippen LogP contribution in [0.1, 0.15) is 5.56 Å².